The quantitative estimate of drug-likeness (QED) is 0.753. The maximum Gasteiger partial charge on any atom is 0.223 e. The van der Waals surface area contributed by atoms with Gasteiger partial charge in [-0.2, -0.15) is 0 Å². The highest BCUT2D eigenvalue weighted by Gasteiger charge is 2.52. The minimum Gasteiger partial charge on any atom is -0.463 e. The molecule has 8 nitrogen and oxygen atoms in total. The Hall–Kier alpha value is -2.00. The highest BCUT2D eigenvalue weighted by atomic mass is 16.8. The molecule has 2 fully saturated rings. The van der Waals surface area contributed by atoms with Gasteiger partial charge in [-0.15, -0.1) is 0 Å². The predicted octanol–water partition coefficient (Wildman–Crippen LogP) is 1.01. The first-order valence-corrected chi connectivity index (χ1v) is 8.86. The summed E-state index contributed by atoms with van der Waals surface area (Å²) in [5.74, 6) is -0.902. The van der Waals surface area contributed by atoms with Crippen LogP contribution in [-0.4, -0.2) is 59.8 Å². The van der Waals surface area contributed by atoms with Crippen LogP contribution in [0.1, 0.15) is 38.1 Å². The SMILES string of the molecule is CC(=O)NC1C(Oc2cccc(C(C)=O)c2)OC2COC(C)(C)OC2C1O. The zero-order valence-electron chi connectivity index (χ0n) is 15.8. The third kappa shape index (κ3) is 4.47. The van der Waals surface area contributed by atoms with E-state index < -0.39 is 36.4 Å². The highest BCUT2D eigenvalue weighted by Crippen LogP contribution is 2.33. The normalized spacial score (nSPS) is 32.3. The summed E-state index contributed by atoms with van der Waals surface area (Å²) in [6.45, 7) is 6.53. The Bertz CT molecular complexity index is 720. The smallest absolute Gasteiger partial charge is 0.223 e. The molecule has 2 saturated heterocycles. The van der Waals surface area contributed by atoms with Gasteiger partial charge >= 0.3 is 0 Å². The number of carbonyl (C=O) groups is 2. The minimum absolute atomic E-state index is 0.0974. The van der Waals surface area contributed by atoms with Crippen molar-refractivity contribution in [3.8, 4) is 5.75 Å². The van der Waals surface area contributed by atoms with Gasteiger partial charge in [0.05, 0.1) is 6.61 Å². The first kappa shape index (κ1) is 19.8. The fourth-order valence-electron chi connectivity index (χ4n) is 3.26. The van der Waals surface area contributed by atoms with Crippen molar-refractivity contribution in [3.63, 3.8) is 0 Å². The zero-order valence-corrected chi connectivity index (χ0v) is 15.8. The van der Waals surface area contributed by atoms with Gasteiger partial charge in [-0.25, -0.2) is 0 Å². The van der Waals surface area contributed by atoms with E-state index in [9.17, 15) is 14.7 Å². The molecular weight excluding hydrogens is 354 g/mol. The van der Waals surface area contributed by atoms with E-state index in [1.165, 1.54) is 13.8 Å². The van der Waals surface area contributed by atoms with Crippen LogP contribution in [0.4, 0.5) is 0 Å². The molecule has 2 aliphatic rings. The molecule has 148 valence electrons. The summed E-state index contributed by atoms with van der Waals surface area (Å²) in [5.41, 5.74) is 0.490. The Morgan fingerprint density at radius 2 is 2.04 bits per heavy atom. The molecule has 1 amide bonds. The lowest BCUT2D eigenvalue weighted by Crippen LogP contribution is -2.69. The van der Waals surface area contributed by atoms with E-state index in [1.807, 2.05) is 0 Å². The summed E-state index contributed by atoms with van der Waals surface area (Å²) in [4.78, 5) is 23.2. The van der Waals surface area contributed by atoms with Gasteiger partial charge in [0.2, 0.25) is 12.2 Å². The molecule has 2 heterocycles. The third-order valence-electron chi connectivity index (χ3n) is 4.55. The van der Waals surface area contributed by atoms with Gasteiger partial charge in [0, 0.05) is 12.5 Å². The average molecular weight is 379 g/mol. The molecule has 27 heavy (non-hydrogen) atoms. The van der Waals surface area contributed by atoms with Crippen LogP contribution >= 0.6 is 0 Å². The number of rotatable bonds is 4. The molecule has 1 aromatic rings. The van der Waals surface area contributed by atoms with Crippen molar-refractivity contribution >= 4 is 11.7 Å². The van der Waals surface area contributed by atoms with Gasteiger partial charge in [0.15, 0.2) is 11.6 Å². The van der Waals surface area contributed by atoms with Gasteiger partial charge in [-0.05, 0) is 32.9 Å². The van der Waals surface area contributed by atoms with Gasteiger partial charge in [-0.3, -0.25) is 9.59 Å². The number of carbonyl (C=O) groups excluding carboxylic acids is 2. The molecule has 8 heteroatoms. The fourth-order valence-corrected chi connectivity index (χ4v) is 3.26. The first-order chi connectivity index (χ1) is 12.7. The van der Waals surface area contributed by atoms with Gasteiger partial charge in [-0.1, -0.05) is 12.1 Å². The summed E-state index contributed by atoms with van der Waals surface area (Å²) in [6, 6.07) is 5.79. The number of ether oxygens (including phenoxy) is 4. The number of aliphatic hydroxyl groups excluding tert-OH is 1. The molecule has 0 aliphatic carbocycles. The number of nitrogens with one attached hydrogen (secondary N) is 1. The van der Waals surface area contributed by atoms with Crippen molar-refractivity contribution in [2.24, 2.45) is 0 Å². The summed E-state index contributed by atoms with van der Waals surface area (Å²) >= 11 is 0. The predicted molar refractivity (Wildman–Crippen MR) is 94.3 cm³/mol. The molecule has 2 aliphatic heterocycles. The molecular formula is C19H25NO7. The van der Waals surface area contributed by atoms with Crippen LogP contribution < -0.4 is 10.1 Å². The van der Waals surface area contributed by atoms with Crippen LogP contribution in [0.3, 0.4) is 0 Å². The molecule has 0 radical (unpaired) electrons. The van der Waals surface area contributed by atoms with Crippen molar-refractivity contribution < 1.29 is 33.6 Å². The van der Waals surface area contributed by atoms with Gasteiger partial charge in [0.25, 0.3) is 0 Å². The minimum atomic E-state index is -1.06. The number of hydrogen-bond acceptors (Lipinski definition) is 7. The summed E-state index contributed by atoms with van der Waals surface area (Å²) in [6.07, 6.45) is -3.26. The lowest BCUT2D eigenvalue weighted by Gasteiger charge is -2.49. The average Bonchev–Trinajstić information content (AvgIpc) is 2.59. The maximum absolute atomic E-state index is 11.6. The number of fused-ring (bicyclic) bond motifs is 1. The molecule has 2 N–H and O–H groups in total. The van der Waals surface area contributed by atoms with Crippen molar-refractivity contribution in [1.29, 1.82) is 0 Å². The van der Waals surface area contributed by atoms with E-state index in [4.69, 9.17) is 18.9 Å². The van der Waals surface area contributed by atoms with E-state index in [0.29, 0.717) is 11.3 Å². The van der Waals surface area contributed by atoms with Crippen LogP contribution in [0.15, 0.2) is 24.3 Å². The monoisotopic (exact) mass is 379 g/mol. The highest BCUT2D eigenvalue weighted by molar-refractivity contribution is 5.94. The van der Waals surface area contributed by atoms with E-state index in [2.05, 4.69) is 5.32 Å². The second kappa shape index (κ2) is 7.55. The van der Waals surface area contributed by atoms with Gasteiger partial charge < -0.3 is 29.4 Å². The number of hydrogen-bond donors (Lipinski definition) is 2. The van der Waals surface area contributed by atoms with Crippen molar-refractivity contribution in [1.82, 2.24) is 5.32 Å². The Balaban J connectivity index is 1.83. The molecule has 0 spiro atoms. The lowest BCUT2D eigenvalue weighted by molar-refractivity contribution is -0.361. The summed E-state index contributed by atoms with van der Waals surface area (Å²) < 4.78 is 23.2. The molecule has 0 bridgehead atoms. The summed E-state index contributed by atoms with van der Waals surface area (Å²) in [7, 11) is 0. The largest absolute Gasteiger partial charge is 0.463 e. The summed E-state index contributed by atoms with van der Waals surface area (Å²) in [5, 5.41) is 13.5. The van der Waals surface area contributed by atoms with Crippen LogP contribution in [0.5, 0.6) is 5.75 Å². The molecule has 0 saturated carbocycles. The fraction of sp³-hybridized carbons (Fsp3) is 0.579. The van der Waals surface area contributed by atoms with E-state index >= 15 is 0 Å². The molecule has 1 aromatic carbocycles. The standard InChI is InChI=1S/C19H25NO7/c1-10(21)12-6-5-7-13(8-12)25-18-15(20-11(2)22)16(23)17-14(26-18)9-24-19(3,4)27-17/h5-8,14-18,23H,9H2,1-4H3,(H,20,22). The Labute approximate surface area is 157 Å². The van der Waals surface area contributed by atoms with E-state index in [1.54, 1.807) is 38.1 Å². The van der Waals surface area contributed by atoms with Crippen molar-refractivity contribution in [2.75, 3.05) is 6.61 Å². The number of aliphatic hydroxyl groups is 1. The Morgan fingerprint density at radius 1 is 1.30 bits per heavy atom. The number of benzene rings is 1. The molecule has 5 atom stereocenters. The molecule has 5 unspecified atom stereocenters. The number of ketones is 1. The lowest BCUT2D eigenvalue weighted by atomic mass is 9.95. The maximum atomic E-state index is 11.6. The van der Waals surface area contributed by atoms with E-state index in [0.717, 1.165) is 0 Å². The second-order valence-corrected chi connectivity index (χ2v) is 7.25. The van der Waals surface area contributed by atoms with Crippen molar-refractivity contribution in [2.45, 2.75) is 64.1 Å². The molecule has 0 aromatic heterocycles. The Kier molecular flexibility index (Phi) is 5.53. The van der Waals surface area contributed by atoms with Crippen LogP contribution in [0.25, 0.3) is 0 Å². The third-order valence-corrected chi connectivity index (χ3v) is 4.55. The first-order valence-electron chi connectivity index (χ1n) is 8.86. The van der Waals surface area contributed by atoms with Crippen LogP contribution in [0.2, 0.25) is 0 Å². The zero-order chi connectivity index (χ0) is 19.8. The topological polar surface area (TPSA) is 103 Å². The molecule has 3 rings (SSSR count). The second-order valence-electron chi connectivity index (χ2n) is 7.25. The van der Waals surface area contributed by atoms with Crippen molar-refractivity contribution in [3.05, 3.63) is 29.8 Å². The van der Waals surface area contributed by atoms with Crippen LogP contribution in [0, 0.1) is 0 Å². The number of Topliss-reactive ketones (excluding diaryl/α,β-unsaturated/α-hetero) is 1. The number of amides is 1. The van der Waals surface area contributed by atoms with E-state index in [-0.39, 0.29) is 18.3 Å². The Morgan fingerprint density at radius 3 is 2.70 bits per heavy atom. The van der Waals surface area contributed by atoms with Gasteiger partial charge in [0.1, 0.15) is 30.1 Å². The van der Waals surface area contributed by atoms with Crippen LogP contribution in [-0.2, 0) is 19.0 Å².